The number of aliphatic imine (C=N–C) groups is 1. The molecule has 0 atom stereocenters. The maximum absolute atomic E-state index is 15.1. The maximum atomic E-state index is 15.1. The Kier molecular flexibility index (Phi) is 10.6. The number of hydrogen-bond acceptors (Lipinski definition) is 3. The molecule has 1 aliphatic heterocycles. The number of rotatable bonds is 12. The number of likely N-dealkylation sites (N-methyl/N-ethyl adjacent to an activating group) is 1. The second-order valence-corrected chi connectivity index (χ2v) is 11.7. The van der Waals surface area contributed by atoms with Crippen molar-refractivity contribution in [3.63, 3.8) is 0 Å². The molecule has 0 aromatic heterocycles. The molecule has 0 saturated carbocycles. The third-order valence-corrected chi connectivity index (χ3v) is 8.12. The van der Waals surface area contributed by atoms with Crippen molar-refractivity contribution in [1.29, 1.82) is 0 Å². The average Bonchev–Trinajstić information content (AvgIpc) is 3.03. The summed E-state index contributed by atoms with van der Waals surface area (Å²) in [4.78, 5) is 6.56. The van der Waals surface area contributed by atoms with Crippen LogP contribution in [-0.2, 0) is 12.5 Å². The highest BCUT2D eigenvalue weighted by Gasteiger charge is 2.38. The Bertz CT molecular complexity index is 1850. The van der Waals surface area contributed by atoms with Crippen LogP contribution in [0.25, 0.3) is 22.3 Å². The molecule has 0 N–H and O–H groups in total. The van der Waals surface area contributed by atoms with Gasteiger partial charge in [0.1, 0.15) is 29.0 Å². The van der Waals surface area contributed by atoms with E-state index in [9.17, 15) is 22.0 Å². The number of unbranched alkanes of at least 4 members (excludes halogenated alkanes) is 2. The van der Waals surface area contributed by atoms with E-state index in [-0.39, 0.29) is 22.3 Å². The van der Waals surface area contributed by atoms with Crippen LogP contribution >= 0.6 is 0 Å². The first-order valence-electron chi connectivity index (χ1n) is 15.4. The van der Waals surface area contributed by atoms with Crippen molar-refractivity contribution in [2.45, 2.75) is 51.6 Å². The average molecular weight is 673 g/mol. The third-order valence-electron chi connectivity index (χ3n) is 8.12. The molecular formula is C37H32F8N2O. The molecule has 0 aliphatic carbocycles. The van der Waals surface area contributed by atoms with Gasteiger partial charge in [0.15, 0.2) is 17.5 Å². The first-order chi connectivity index (χ1) is 22.9. The van der Waals surface area contributed by atoms with Crippen LogP contribution in [0.2, 0.25) is 0 Å². The van der Waals surface area contributed by atoms with Crippen LogP contribution in [0.5, 0.6) is 5.75 Å². The summed E-state index contributed by atoms with van der Waals surface area (Å²) < 4.78 is 120. The highest BCUT2D eigenvalue weighted by molar-refractivity contribution is 5.84. The summed E-state index contributed by atoms with van der Waals surface area (Å²) >= 11 is 0. The van der Waals surface area contributed by atoms with Gasteiger partial charge in [-0.1, -0.05) is 38.0 Å². The topological polar surface area (TPSA) is 24.8 Å². The molecule has 1 heterocycles. The summed E-state index contributed by atoms with van der Waals surface area (Å²) in [6.07, 6.45) is 2.96. The molecule has 11 heteroatoms. The maximum Gasteiger partial charge on any atom is 0.429 e. The van der Waals surface area contributed by atoms with Crippen molar-refractivity contribution in [1.82, 2.24) is 4.90 Å². The Morgan fingerprint density at radius 1 is 0.708 bits per heavy atom. The minimum atomic E-state index is -4.16. The molecular weight excluding hydrogens is 640 g/mol. The van der Waals surface area contributed by atoms with E-state index in [1.54, 1.807) is 0 Å². The van der Waals surface area contributed by atoms with Gasteiger partial charge in [0, 0.05) is 43.4 Å². The van der Waals surface area contributed by atoms with Crippen LogP contribution in [0.1, 0.15) is 50.2 Å². The van der Waals surface area contributed by atoms with Crippen molar-refractivity contribution in [3.8, 4) is 28.0 Å². The molecule has 0 amide bonds. The van der Waals surface area contributed by atoms with E-state index in [2.05, 4.69) is 11.9 Å². The molecule has 48 heavy (non-hydrogen) atoms. The standard InChI is InChI=1S/C37H32F8N2O/c1-3-4-5-6-23-20-46-35(47(2)21-23)14-8-22-7-13-29(32(40)15-22)37(44,45)48-26-10-12-27(31(39)19-26)24-9-11-28(30(38)16-24)25-17-33(41)36(43)34(42)18-25/h7,9-13,15-20H,3-6,8,14,21H2,1-2H3. The lowest BCUT2D eigenvalue weighted by Gasteiger charge is -2.26. The van der Waals surface area contributed by atoms with Gasteiger partial charge in [-0.15, -0.1) is 0 Å². The number of nitrogens with zero attached hydrogens (tertiary/aromatic N) is 2. The fraction of sp³-hybridized carbons (Fsp3) is 0.270. The molecule has 3 nitrogen and oxygen atoms in total. The van der Waals surface area contributed by atoms with Gasteiger partial charge in [-0.25, -0.2) is 31.3 Å². The summed E-state index contributed by atoms with van der Waals surface area (Å²) in [5, 5.41) is 0. The van der Waals surface area contributed by atoms with E-state index in [0.29, 0.717) is 36.6 Å². The van der Waals surface area contributed by atoms with Crippen molar-refractivity contribution in [2.75, 3.05) is 13.6 Å². The number of alkyl halides is 2. The van der Waals surface area contributed by atoms with Crippen LogP contribution in [0.4, 0.5) is 35.1 Å². The SMILES string of the molecule is CCCCCC1=CN=C(CCc2ccc(C(F)(F)Oc3ccc(-c4ccc(-c5cc(F)c(F)c(F)c5)c(F)c4)c(F)c3)c(F)c2)N(C)C1. The van der Waals surface area contributed by atoms with Crippen LogP contribution in [0.3, 0.4) is 0 Å². The smallest absolute Gasteiger partial charge is 0.429 e. The van der Waals surface area contributed by atoms with E-state index in [1.807, 2.05) is 18.1 Å². The van der Waals surface area contributed by atoms with Crippen molar-refractivity contribution < 1.29 is 39.9 Å². The molecule has 252 valence electrons. The molecule has 0 unspecified atom stereocenters. The number of halogens is 8. The lowest BCUT2D eigenvalue weighted by molar-refractivity contribution is -0.187. The Labute approximate surface area is 273 Å². The van der Waals surface area contributed by atoms with Gasteiger partial charge in [-0.05, 0) is 84.0 Å². The van der Waals surface area contributed by atoms with E-state index < -0.39 is 52.3 Å². The van der Waals surface area contributed by atoms with Gasteiger partial charge in [-0.2, -0.15) is 8.78 Å². The van der Waals surface area contributed by atoms with Crippen molar-refractivity contribution >= 4 is 5.84 Å². The van der Waals surface area contributed by atoms with Gasteiger partial charge >= 0.3 is 6.11 Å². The lowest BCUT2D eigenvalue weighted by Crippen LogP contribution is -2.31. The first-order valence-corrected chi connectivity index (χ1v) is 15.4. The largest absolute Gasteiger partial charge is 0.429 e. The van der Waals surface area contributed by atoms with E-state index >= 15 is 13.2 Å². The van der Waals surface area contributed by atoms with Gasteiger partial charge in [0.05, 0.1) is 5.56 Å². The normalized spacial score (nSPS) is 13.4. The van der Waals surface area contributed by atoms with Crippen LogP contribution < -0.4 is 4.74 Å². The molecule has 4 aromatic rings. The highest BCUT2D eigenvalue weighted by atomic mass is 19.3. The number of benzene rings is 4. The van der Waals surface area contributed by atoms with Gasteiger partial charge in [0.25, 0.3) is 0 Å². The van der Waals surface area contributed by atoms with Gasteiger partial charge in [0.2, 0.25) is 0 Å². The predicted molar refractivity (Wildman–Crippen MR) is 169 cm³/mol. The Morgan fingerprint density at radius 2 is 1.38 bits per heavy atom. The van der Waals surface area contributed by atoms with Gasteiger partial charge < -0.3 is 9.64 Å². The number of amidine groups is 1. The number of hydrogen-bond donors (Lipinski definition) is 0. The molecule has 1 aliphatic rings. The second-order valence-electron chi connectivity index (χ2n) is 11.7. The summed E-state index contributed by atoms with van der Waals surface area (Å²) in [5.41, 5.74) is -0.0744. The summed E-state index contributed by atoms with van der Waals surface area (Å²) in [6, 6.07) is 10.5. The van der Waals surface area contributed by atoms with Crippen molar-refractivity contribution in [3.05, 3.63) is 125 Å². The zero-order valence-electron chi connectivity index (χ0n) is 26.2. The zero-order chi connectivity index (χ0) is 34.6. The fourth-order valence-corrected chi connectivity index (χ4v) is 5.53. The summed E-state index contributed by atoms with van der Waals surface area (Å²) in [5.74, 6) is -7.76. The molecule has 0 radical (unpaired) electrons. The molecule has 5 rings (SSSR count). The molecule has 0 fully saturated rings. The number of aryl methyl sites for hydroxylation is 1. The number of ether oxygens (including phenoxy) is 1. The van der Waals surface area contributed by atoms with Crippen LogP contribution in [-0.4, -0.2) is 24.3 Å². The Hall–Kier alpha value is -4.67. The van der Waals surface area contributed by atoms with Crippen LogP contribution in [0.15, 0.2) is 83.5 Å². The Morgan fingerprint density at radius 3 is 2.02 bits per heavy atom. The predicted octanol–water partition coefficient (Wildman–Crippen LogP) is 10.7. The third kappa shape index (κ3) is 7.89. The van der Waals surface area contributed by atoms with Crippen molar-refractivity contribution in [2.24, 2.45) is 4.99 Å². The monoisotopic (exact) mass is 672 g/mol. The summed E-state index contributed by atoms with van der Waals surface area (Å²) in [6.45, 7) is 2.90. The molecule has 4 aromatic carbocycles. The summed E-state index contributed by atoms with van der Waals surface area (Å²) in [7, 11) is 1.93. The minimum absolute atomic E-state index is 0.0226. The molecule has 0 saturated heterocycles. The van der Waals surface area contributed by atoms with E-state index in [4.69, 9.17) is 4.74 Å². The minimum Gasteiger partial charge on any atom is -0.429 e. The van der Waals surface area contributed by atoms with E-state index in [1.165, 1.54) is 17.7 Å². The van der Waals surface area contributed by atoms with E-state index in [0.717, 1.165) is 74.5 Å². The zero-order valence-corrected chi connectivity index (χ0v) is 26.2. The highest BCUT2D eigenvalue weighted by Crippen LogP contribution is 2.36. The first kappa shape index (κ1) is 34.7. The quantitative estimate of drug-likeness (QED) is 0.0850. The Balaban J connectivity index is 1.25. The fourth-order valence-electron chi connectivity index (χ4n) is 5.53. The van der Waals surface area contributed by atoms with Crippen LogP contribution in [0, 0.1) is 34.9 Å². The lowest BCUT2D eigenvalue weighted by atomic mass is 9.99. The second kappa shape index (κ2) is 14.6. The molecule has 0 bridgehead atoms. The molecule has 0 spiro atoms. The van der Waals surface area contributed by atoms with Gasteiger partial charge in [-0.3, -0.25) is 0 Å².